The van der Waals surface area contributed by atoms with E-state index in [9.17, 15) is 9.59 Å². The fourth-order valence-electron chi connectivity index (χ4n) is 3.83. The molecule has 0 aromatic heterocycles. The lowest BCUT2D eigenvalue weighted by Crippen LogP contribution is -2.31. The maximum Gasteiger partial charge on any atom is 0.147 e. The number of ketones is 2. The number of carbonyl (C=O) groups excluding carboxylic acids is 2. The lowest BCUT2D eigenvalue weighted by molar-refractivity contribution is -0.135. The number of Topliss-reactive ketones (excluding diaryl/α,β-unsaturated/α-hetero) is 2. The largest absolute Gasteiger partial charge is 0.494 e. The van der Waals surface area contributed by atoms with Crippen LogP contribution in [0.15, 0.2) is 48.5 Å². The second kappa shape index (κ2) is 8.98. The van der Waals surface area contributed by atoms with Crippen LogP contribution in [0.2, 0.25) is 0 Å². The average molecular weight is 364 g/mol. The molecule has 1 fully saturated rings. The Morgan fingerprint density at radius 1 is 0.963 bits per heavy atom. The summed E-state index contributed by atoms with van der Waals surface area (Å²) in [5, 5.41) is 0. The first-order valence-corrected chi connectivity index (χ1v) is 9.98. The Bertz CT molecular complexity index is 774. The summed E-state index contributed by atoms with van der Waals surface area (Å²) < 4.78 is 5.47. The highest BCUT2D eigenvalue weighted by Crippen LogP contribution is 2.29. The number of hydrogen-bond donors (Lipinski definition) is 0. The third-order valence-electron chi connectivity index (χ3n) is 5.54. The van der Waals surface area contributed by atoms with Gasteiger partial charge in [-0.15, -0.1) is 0 Å². The van der Waals surface area contributed by atoms with E-state index in [-0.39, 0.29) is 11.6 Å². The summed E-state index contributed by atoms with van der Waals surface area (Å²) in [6.45, 7) is 4.74. The average Bonchev–Trinajstić information content (AvgIpc) is 2.69. The smallest absolute Gasteiger partial charge is 0.147 e. The van der Waals surface area contributed by atoms with Gasteiger partial charge in [0.15, 0.2) is 0 Å². The molecule has 0 radical (unpaired) electrons. The van der Waals surface area contributed by atoms with Crippen molar-refractivity contribution in [3.63, 3.8) is 0 Å². The van der Waals surface area contributed by atoms with Crippen molar-refractivity contribution < 1.29 is 14.3 Å². The second-order valence-corrected chi connectivity index (χ2v) is 7.37. The van der Waals surface area contributed by atoms with Crippen molar-refractivity contribution in [2.24, 2.45) is 11.8 Å². The fourth-order valence-corrected chi connectivity index (χ4v) is 3.83. The zero-order valence-corrected chi connectivity index (χ0v) is 16.2. The summed E-state index contributed by atoms with van der Waals surface area (Å²) in [5.41, 5.74) is 3.19. The Morgan fingerprint density at radius 3 is 2.15 bits per heavy atom. The highest BCUT2D eigenvalue weighted by Gasteiger charge is 2.32. The molecular weight excluding hydrogens is 336 g/mol. The van der Waals surface area contributed by atoms with Crippen LogP contribution in [0.5, 0.6) is 5.75 Å². The molecule has 142 valence electrons. The Balaban J connectivity index is 1.62. The van der Waals surface area contributed by atoms with Crippen molar-refractivity contribution in [3.8, 4) is 16.9 Å². The van der Waals surface area contributed by atoms with Crippen LogP contribution in [0, 0.1) is 11.8 Å². The van der Waals surface area contributed by atoms with E-state index in [0.717, 1.165) is 41.7 Å². The molecule has 0 saturated heterocycles. The highest BCUT2D eigenvalue weighted by atomic mass is 16.5. The normalized spacial score (nSPS) is 19.7. The summed E-state index contributed by atoms with van der Waals surface area (Å²) in [6, 6.07) is 16.1. The maximum absolute atomic E-state index is 12.6. The number of rotatable bonds is 7. The van der Waals surface area contributed by atoms with Crippen LogP contribution < -0.4 is 4.74 Å². The first-order chi connectivity index (χ1) is 13.1. The van der Waals surface area contributed by atoms with Gasteiger partial charge in [0.2, 0.25) is 0 Å². The summed E-state index contributed by atoms with van der Waals surface area (Å²) in [7, 11) is 0. The molecule has 0 bridgehead atoms. The molecule has 0 heterocycles. The molecule has 2 aromatic carbocycles. The standard InChI is InChI=1S/C24H28O3/c1-3-17-7-14-22(23(25)15-17)24(26)16-18-5-8-19(9-6-18)20-10-12-21(13-11-20)27-4-2/h5-6,8-13,17,22H,3-4,7,14-16H2,1-2H3. The van der Waals surface area contributed by atoms with Gasteiger partial charge in [-0.05, 0) is 54.5 Å². The van der Waals surface area contributed by atoms with E-state index in [1.54, 1.807) is 0 Å². The number of benzene rings is 2. The molecule has 2 aromatic rings. The van der Waals surface area contributed by atoms with Gasteiger partial charge in [0.25, 0.3) is 0 Å². The van der Waals surface area contributed by atoms with Crippen LogP contribution >= 0.6 is 0 Å². The minimum absolute atomic E-state index is 0.0726. The first kappa shape index (κ1) is 19.3. The number of hydrogen-bond acceptors (Lipinski definition) is 3. The fraction of sp³-hybridized carbons (Fsp3) is 0.417. The van der Waals surface area contributed by atoms with Crippen LogP contribution in [0.3, 0.4) is 0 Å². The molecule has 3 rings (SSSR count). The quantitative estimate of drug-likeness (QED) is 0.630. The lowest BCUT2D eigenvalue weighted by atomic mass is 9.77. The maximum atomic E-state index is 12.6. The summed E-state index contributed by atoms with van der Waals surface area (Å²) in [5.74, 6) is 1.16. The Labute approximate surface area is 161 Å². The van der Waals surface area contributed by atoms with Crippen LogP contribution in [-0.2, 0) is 16.0 Å². The molecule has 1 aliphatic carbocycles. The topological polar surface area (TPSA) is 43.4 Å². The molecule has 2 unspecified atom stereocenters. The van der Waals surface area contributed by atoms with Crippen molar-refractivity contribution in [2.75, 3.05) is 6.61 Å². The Morgan fingerprint density at radius 2 is 1.59 bits per heavy atom. The van der Waals surface area contributed by atoms with E-state index < -0.39 is 5.92 Å². The van der Waals surface area contributed by atoms with Crippen molar-refractivity contribution in [3.05, 3.63) is 54.1 Å². The van der Waals surface area contributed by atoms with Gasteiger partial charge in [-0.2, -0.15) is 0 Å². The summed E-state index contributed by atoms with van der Waals surface area (Å²) in [6.07, 6.45) is 3.66. The zero-order valence-electron chi connectivity index (χ0n) is 16.2. The second-order valence-electron chi connectivity index (χ2n) is 7.37. The molecule has 2 atom stereocenters. The SMILES string of the molecule is CCOc1ccc(-c2ccc(CC(=O)C3CCC(CC)CC3=O)cc2)cc1. The van der Waals surface area contributed by atoms with Gasteiger partial charge in [0.05, 0.1) is 12.5 Å². The molecular formula is C24H28O3. The summed E-state index contributed by atoms with van der Waals surface area (Å²) >= 11 is 0. The molecule has 3 nitrogen and oxygen atoms in total. The first-order valence-electron chi connectivity index (χ1n) is 9.98. The Kier molecular flexibility index (Phi) is 6.44. The minimum Gasteiger partial charge on any atom is -0.494 e. The van der Waals surface area contributed by atoms with E-state index in [4.69, 9.17) is 4.74 Å². The van der Waals surface area contributed by atoms with Gasteiger partial charge >= 0.3 is 0 Å². The third-order valence-corrected chi connectivity index (χ3v) is 5.54. The predicted octanol–water partition coefficient (Wildman–Crippen LogP) is 5.26. The molecule has 1 saturated carbocycles. The Hall–Kier alpha value is -2.42. The molecule has 0 amide bonds. The van der Waals surface area contributed by atoms with Gasteiger partial charge < -0.3 is 4.74 Å². The van der Waals surface area contributed by atoms with E-state index in [1.165, 1.54) is 0 Å². The molecule has 27 heavy (non-hydrogen) atoms. The van der Waals surface area contributed by atoms with E-state index in [1.807, 2.05) is 55.5 Å². The van der Waals surface area contributed by atoms with Gasteiger partial charge in [-0.25, -0.2) is 0 Å². The monoisotopic (exact) mass is 364 g/mol. The highest BCUT2D eigenvalue weighted by molar-refractivity contribution is 6.03. The lowest BCUT2D eigenvalue weighted by Gasteiger charge is -2.25. The molecule has 3 heteroatoms. The van der Waals surface area contributed by atoms with Crippen molar-refractivity contribution in [1.82, 2.24) is 0 Å². The van der Waals surface area contributed by atoms with E-state index >= 15 is 0 Å². The van der Waals surface area contributed by atoms with E-state index in [0.29, 0.717) is 25.4 Å². The molecule has 0 N–H and O–H groups in total. The molecule has 0 spiro atoms. The van der Waals surface area contributed by atoms with Gasteiger partial charge in [-0.1, -0.05) is 49.7 Å². The van der Waals surface area contributed by atoms with Gasteiger partial charge in [-0.3, -0.25) is 9.59 Å². The molecule has 1 aliphatic rings. The van der Waals surface area contributed by atoms with Crippen LogP contribution in [0.4, 0.5) is 0 Å². The zero-order chi connectivity index (χ0) is 19.2. The van der Waals surface area contributed by atoms with Crippen LogP contribution in [-0.4, -0.2) is 18.2 Å². The number of ether oxygens (including phenoxy) is 1. The minimum atomic E-state index is -0.390. The third kappa shape index (κ3) is 4.85. The van der Waals surface area contributed by atoms with E-state index in [2.05, 4.69) is 6.92 Å². The van der Waals surface area contributed by atoms with Gasteiger partial charge in [0, 0.05) is 12.8 Å². The van der Waals surface area contributed by atoms with Gasteiger partial charge in [0.1, 0.15) is 17.3 Å². The molecule has 0 aliphatic heterocycles. The predicted molar refractivity (Wildman–Crippen MR) is 108 cm³/mol. The van der Waals surface area contributed by atoms with Crippen molar-refractivity contribution in [2.45, 2.75) is 46.0 Å². The van der Waals surface area contributed by atoms with Crippen LogP contribution in [0.25, 0.3) is 11.1 Å². The number of carbonyl (C=O) groups is 2. The summed E-state index contributed by atoms with van der Waals surface area (Å²) in [4.78, 5) is 24.9. The van der Waals surface area contributed by atoms with Crippen molar-refractivity contribution in [1.29, 1.82) is 0 Å². The van der Waals surface area contributed by atoms with Crippen LogP contribution in [0.1, 0.15) is 45.1 Å². The van der Waals surface area contributed by atoms with Crippen molar-refractivity contribution >= 4 is 11.6 Å².